The smallest absolute Gasteiger partial charge is 0.273 e. The maximum absolute atomic E-state index is 13.7. The van der Waals surface area contributed by atoms with Gasteiger partial charge in [0.15, 0.2) is 11.5 Å². The molecule has 0 unspecified atom stereocenters. The molecule has 4 rings (SSSR count). The lowest BCUT2D eigenvalue weighted by Crippen LogP contribution is -2.31. The number of nitrogens with zero attached hydrogens (tertiary/aromatic N) is 1. The van der Waals surface area contributed by atoms with Gasteiger partial charge in [-0.05, 0) is 49.2 Å². The lowest BCUT2D eigenvalue weighted by atomic mass is 10.2. The molecule has 32 heavy (non-hydrogen) atoms. The summed E-state index contributed by atoms with van der Waals surface area (Å²) in [5.74, 6) is -0.537. The zero-order chi connectivity index (χ0) is 22.3. The Hall–Kier alpha value is -3.72. The van der Waals surface area contributed by atoms with Gasteiger partial charge in [0.1, 0.15) is 18.2 Å². The summed E-state index contributed by atoms with van der Waals surface area (Å²) in [7, 11) is 0. The number of anilines is 1. The Morgan fingerprint density at radius 1 is 1.12 bits per heavy atom. The monoisotopic (exact) mass is 439 g/mol. The van der Waals surface area contributed by atoms with Crippen molar-refractivity contribution in [1.29, 1.82) is 0 Å². The summed E-state index contributed by atoms with van der Waals surface area (Å²) in [6.07, 6.45) is 1.99. The van der Waals surface area contributed by atoms with E-state index in [1.165, 1.54) is 24.3 Å². The topological polar surface area (TPSA) is 103 Å². The Kier molecular flexibility index (Phi) is 6.76. The fraction of sp³-hybridized carbons (Fsp3) is 0.261. The van der Waals surface area contributed by atoms with E-state index >= 15 is 0 Å². The number of amides is 2. The van der Waals surface area contributed by atoms with Crippen LogP contribution in [0.1, 0.15) is 39.4 Å². The quantitative estimate of drug-likeness (QED) is 0.557. The number of carbonyl (C=O) groups is 2. The maximum atomic E-state index is 13.7. The van der Waals surface area contributed by atoms with Crippen LogP contribution in [0.5, 0.6) is 5.75 Å². The second kappa shape index (κ2) is 10.1. The third kappa shape index (κ3) is 5.50. The summed E-state index contributed by atoms with van der Waals surface area (Å²) >= 11 is 0. The van der Waals surface area contributed by atoms with Crippen LogP contribution in [0.3, 0.4) is 0 Å². The van der Waals surface area contributed by atoms with Crippen molar-refractivity contribution in [2.45, 2.75) is 25.6 Å². The van der Waals surface area contributed by atoms with Gasteiger partial charge in [0.25, 0.3) is 11.8 Å². The van der Waals surface area contributed by atoms with E-state index < -0.39 is 11.7 Å². The second-order valence-electron chi connectivity index (χ2n) is 7.27. The molecule has 1 aromatic heterocycles. The van der Waals surface area contributed by atoms with Crippen molar-refractivity contribution in [3.05, 3.63) is 77.4 Å². The van der Waals surface area contributed by atoms with Crippen molar-refractivity contribution >= 4 is 17.5 Å². The number of nitrogens with one attached hydrogen (secondary N) is 2. The molecule has 0 radical (unpaired) electrons. The Labute approximate surface area is 183 Å². The first-order valence-electron chi connectivity index (χ1n) is 10.2. The van der Waals surface area contributed by atoms with Crippen LogP contribution >= 0.6 is 0 Å². The van der Waals surface area contributed by atoms with Crippen LogP contribution in [0.2, 0.25) is 0 Å². The summed E-state index contributed by atoms with van der Waals surface area (Å²) < 4.78 is 30.0. The Morgan fingerprint density at radius 2 is 1.94 bits per heavy atom. The Morgan fingerprint density at radius 3 is 2.69 bits per heavy atom. The minimum atomic E-state index is -0.586. The predicted molar refractivity (Wildman–Crippen MR) is 113 cm³/mol. The summed E-state index contributed by atoms with van der Waals surface area (Å²) in [4.78, 5) is 24.3. The van der Waals surface area contributed by atoms with Gasteiger partial charge < -0.3 is 24.6 Å². The van der Waals surface area contributed by atoms with E-state index in [1.807, 2.05) is 0 Å². The minimum absolute atomic E-state index is 0.0336. The van der Waals surface area contributed by atoms with Gasteiger partial charge in [0, 0.05) is 24.9 Å². The van der Waals surface area contributed by atoms with Crippen molar-refractivity contribution in [3.8, 4) is 5.75 Å². The highest BCUT2D eigenvalue weighted by Crippen LogP contribution is 2.19. The number of carbonyl (C=O) groups excluding carboxylic acids is 2. The molecule has 2 amide bonds. The van der Waals surface area contributed by atoms with Crippen molar-refractivity contribution in [2.24, 2.45) is 0 Å². The van der Waals surface area contributed by atoms with Gasteiger partial charge in [-0.25, -0.2) is 4.39 Å². The molecule has 0 saturated carbocycles. The van der Waals surface area contributed by atoms with Gasteiger partial charge >= 0.3 is 0 Å². The fourth-order valence-electron chi connectivity index (χ4n) is 3.22. The zero-order valence-electron chi connectivity index (χ0n) is 17.2. The van der Waals surface area contributed by atoms with Crippen molar-refractivity contribution in [3.63, 3.8) is 0 Å². The SMILES string of the molecule is O=C(NC[C@@H]1CCCO1)c1cc(COc2ccc(NC(=O)c3ccccc3F)cc2)on1. The lowest BCUT2D eigenvalue weighted by Gasteiger charge is -2.09. The molecule has 1 fully saturated rings. The third-order valence-electron chi connectivity index (χ3n) is 4.92. The average molecular weight is 439 g/mol. The van der Waals surface area contributed by atoms with Gasteiger partial charge in [-0.1, -0.05) is 17.3 Å². The van der Waals surface area contributed by atoms with E-state index in [4.69, 9.17) is 14.0 Å². The fourth-order valence-corrected chi connectivity index (χ4v) is 3.22. The molecule has 0 spiro atoms. The van der Waals surface area contributed by atoms with E-state index in [-0.39, 0.29) is 29.9 Å². The Balaban J connectivity index is 1.26. The van der Waals surface area contributed by atoms with Crippen LogP contribution in [0.25, 0.3) is 0 Å². The number of aromatic nitrogens is 1. The summed E-state index contributed by atoms with van der Waals surface area (Å²) in [5, 5.41) is 9.18. The molecular formula is C23H22FN3O5. The highest BCUT2D eigenvalue weighted by molar-refractivity contribution is 6.04. The molecule has 1 atom stereocenters. The molecule has 3 aromatic rings. The van der Waals surface area contributed by atoms with Crippen molar-refractivity contribution in [2.75, 3.05) is 18.5 Å². The normalized spacial score (nSPS) is 15.3. The summed E-state index contributed by atoms with van der Waals surface area (Å²) in [5.41, 5.74) is 0.636. The molecule has 9 heteroatoms. The molecule has 1 aliphatic heterocycles. The van der Waals surface area contributed by atoms with Crippen molar-refractivity contribution in [1.82, 2.24) is 10.5 Å². The number of hydrogen-bond donors (Lipinski definition) is 2. The van der Waals surface area contributed by atoms with Crippen LogP contribution in [-0.2, 0) is 11.3 Å². The van der Waals surface area contributed by atoms with E-state index in [0.717, 1.165) is 19.4 Å². The first-order chi connectivity index (χ1) is 15.6. The first-order valence-corrected chi connectivity index (χ1v) is 10.2. The molecular weight excluding hydrogens is 417 g/mol. The predicted octanol–water partition coefficient (Wildman–Crippen LogP) is 3.55. The summed E-state index contributed by atoms with van der Waals surface area (Å²) in [6, 6.07) is 13.9. The van der Waals surface area contributed by atoms with Crippen LogP contribution in [0, 0.1) is 5.82 Å². The first kappa shape index (κ1) is 21.5. The number of benzene rings is 2. The molecule has 2 aromatic carbocycles. The number of halogens is 1. The number of hydrogen-bond acceptors (Lipinski definition) is 6. The average Bonchev–Trinajstić information content (AvgIpc) is 3.49. The molecule has 0 aliphatic carbocycles. The highest BCUT2D eigenvalue weighted by Gasteiger charge is 2.18. The van der Waals surface area contributed by atoms with Gasteiger partial charge in [-0.2, -0.15) is 0 Å². The van der Waals surface area contributed by atoms with Crippen molar-refractivity contribution < 1.29 is 28.0 Å². The molecule has 1 aliphatic rings. The van der Waals surface area contributed by atoms with Gasteiger partial charge in [-0.3, -0.25) is 9.59 Å². The minimum Gasteiger partial charge on any atom is -0.486 e. The molecule has 1 saturated heterocycles. The lowest BCUT2D eigenvalue weighted by molar-refractivity contribution is 0.0850. The van der Waals surface area contributed by atoms with Crippen LogP contribution in [0.15, 0.2) is 59.1 Å². The number of rotatable bonds is 8. The number of ether oxygens (including phenoxy) is 2. The highest BCUT2D eigenvalue weighted by atomic mass is 19.1. The maximum Gasteiger partial charge on any atom is 0.273 e. The van der Waals surface area contributed by atoms with E-state index in [0.29, 0.717) is 23.7 Å². The molecule has 8 nitrogen and oxygen atoms in total. The van der Waals surface area contributed by atoms with E-state index in [2.05, 4.69) is 15.8 Å². The largest absolute Gasteiger partial charge is 0.486 e. The van der Waals surface area contributed by atoms with E-state index in [9.17, 15) is 14.0 Å². The van der Waals surface area contributed by atoms with Gasteiger partial charge in [0.05, 0.1) is 11.7 Å². The zero-order valence-corrected chi connectivity index (χ0v) is 17.2. The summed E-state index contributed by atoms with van der Waals surface area (Å²) in [6.45, 7) is 1.25. The second-order valence-corrected chi connectivity index (χ2v) is 7.27. The van der Waals surface area contributed by atoms with Gasteiger partial charge in [0.2, 0.25) is 0 Å². The van der Waals surface area contributed by atoms with Crippen LogP contribution < -0.4 is 15.4 Å². The Bertz CT molecular complexity index is 1080. The van der Waals surface area contributed by atoms with Gasteiger partial charge in [-0.15, -0.1) is 0 Å². The molecule has 2 N–H and O–H groups in total. The third-order valence-corrected chi connectivity index (χ3v) is 4.92. The standard InChI is InChI=1S/C23H22FN3O5/c24-20-6-2-1-5-19(20)22(28)26-15-7-9-16(10-8-15)31-14-18-12-21(27-32-18)23(29)25-13-17-4-3-11-30-17/h1-2,5-10,12,17H,3-4,11,13-14H2,(H,25,29)(H,26,28)/t17-/m0/s1. The molecule has 2 heterocycles. The molecule has 166 valence electrons. The van der Waals surface area contributed by atoms with Crippen LogP contribution in [0.4, 0.5) is 10.1 Å². The van der Waals surface area contributed by atoms with E-state index in [1.54, 1.807) is 30.3 Å². The van der Waals surface area contributed by atoms with Crippen LogP contribution in [-0.4, -0.2) is 36.2 Å². The molecule has 0 bridgehead atoms.